The van der Waals surface area contributed by atoms with Crippen molar-refractivity contribution in [2.45, 2.75) is 25.2 Å². The molecule has 142 valence electrons. The molecule has 2 N–H and O–H groups in total. The maximum Gasteiger partial charge on any atom is 0.340 e. The summed E-state index contributed by atoms with van der Waals surface area (Å²) in [6, 6.07) is 3.04. The Labute approximate surface area is 156 Å². The Morgan fingerprint density at radius 3 is 2.15 bits per heavy atom. The number of nitrogens with zero attached hydrogens (tertiary/aromatic N) is 1. The summed E-state index contributed by atoms with van der Waals surface area (Å²) >= 11 is 0. The van der Waals surface area contributed by atoms with Gasteiger partial charge < -0.3 is 24.4 Å². The smallest absolute Gasteiger partial charge is 0.340 e. The van der Waals surface area contributed by atoms with Gasteiger partial charge in [0.15, 0.2) is 11.5 Å². The van der Waals surface area contributed by atoms with Crippen LogP contribution in [0.5, 0.6) is 23.3 Å². The van der Waals surface area contributed by atoms with Gasteiger partial charge >= 0.3 is 5.97 Å². The minimum Gasteiger partial charge on any atom is -0.494 e. The lowest BCUT2D eigenvalue weighted by Crippen LogP contribution is -2.11. The lowest BCUT2D eigenvalue weighted by Gasteiger charge is -2.17. The second kappa shape index (κ2) is 6.26. The number of aromatic hydroxyl groups is 2. The number of ether oxygens (including phenoxy) is 3. The molecule has 27 heavy (non-hydrogen) atoms. The first-order valence-electron chi connectivity index (χ1n) is 8.80. The van der Waals surface area contributed by atoms with Crippen LogP contribution in [0.1, 0.15) is 46.7 Å². The summed E-state index contributed by atoms with van der Waals surface area (Å²) < 4.78 is 17.1. The van der Waals surface area contributed by atoms with Crippen molar-refractivity contribution < 1.29 is 29.2 Å². The number of aromatic nitrogens is 1. The van der Waals surface area contributed by atoms with Crippen molar-refractivity contribution in [1.82, 2.24) is 4.57 Å². The second-order valence-corrected chi connectivity index (χ2v) is 6.59. The minimum absolute atomic E-state index is 0.0721. The number of esters is 1. The maximum atomic E-state index is 12.5. The van der Waals surface area contributed by atoms with Crippen molar-refractivity contribution in [3.05, 3.63) is 41.0 Å². The molecule has 2 aromatic rings. The summed E-state index contributed by atoms with van der Waals surface area (Å²) in [6.07, 6.45) is 4.93. The van der Waals surface area contributed by atoms with E-state index in [2.05, 4.69) is 0 Å². The Morgan fingerprint density at radius 2 is 1.63 bits per heavy atom. The van der Waals surface area contributed by atoms with Gasteiger partial charge in [-0.05, 0) is 13.3 Å². The van der Waals surface area contributed by atoms with Crippen molar-refractivity contribution in [3.8, 4) is 28.9 Å². The summed E-state index contributed by atoms with van der Waals surface area (Å²) in [4.78, 5) is 12.5. The summed E-state index contributed by atoms with van der Waals surface area (Å²) in [6.45, 7) is 1.90. The van der Waals surface area contributed by atoms with E-state index in [1.165, 1.54) is 24.9 Å². The van der Waals surface area contributed by atoms with Crippen LogP contribution in [0.3, 0.4) is 0 Å². The first-order valence-corrected chi connectivity index (χ1v) is 8.80. The van der Waals surface area contributed by atoms with Crippen molar-refractivity contribution in [2.75, 3.05) is 20.8 Å². The number of fused-ring (bicyclic) bond motifs is 5. The molecule has 0 aliphatic heterocycles. The molecule has 7 nitrogen and oxygen atoms in total. The monoisotopic (exact) mass is 371 g/mol. The van der Waals surface area contributed by atoms with Gasteiger partial charge in [0, 0.05) is 35.1 Å². The van der Waals surface area contributed by atoms with Gasteiger partial charge in [-0.15, -0.1) is 0 Å². The number of benzene rings is 1. The Bertz CT molecular complexity index is 923. The molecule has 0 radical (unpaired) electrons. The number of methoxy groups -OCH3 is 2. The molecule has 0 spiro atoms. The number of carbonyl (C=O) groups excluding carboxylic acids is 1. The molecular formula is C20H21NO6. The third-order valence-corrected chi connectivity index (χ3v) is 5.26. The van der Waals surface area contributed by atoms with Crippen LogP contribution >= 0.6 is 0 Å². The highest BCUT2D eigenvalue weighted by Crippen LogP contribution is 2.57. The molecule has 1 heterocycles. The zero-order chi connectivity index (χ0) is 19.3. The molecule has 0 amide bonds. The SMILES string of the molecule is CCOC(=O)c1cc(OC)c(OC)cc1-n1c(O)c2c(c1O)C1C=CC2C1. The van der Waals surface area contributed by atoms with E-state index in [0.717, 1.165) is 6.42 Å². The fourth-order valence-electron chi connectivity index (χ4n) is 4.09. The summed E-state index contributed by atoms with van der Waals surface area (Å²) in [7, 11) is 2.94. The quantitative estimate of drug-likeness (QED) is 0.620. The minimum atomic E-state index is -0.581. The van der Waals surface area contributed by atoms with Gasteiger partial charge in [-0.2, -0.15) is 0 Å². The van der Waals surface area contributed by atoms with Crippen LogP contribution in [0.2, 0.25) is 0 Å². The van der Waals surface area contributed by atoms with Gasteiger partial charge in [0.05, 0.1) is 32.1 Å². The van der Waals surface area contributed by atoms with E-state index in [1.54, 1.807) is 13.0 Å². The number of carbonyl (C=O) groups is 1. The molecule has 0 saturated heterocycles. The van der Waals surface area contributed by atoms with Crippen LogP contribution in [-0.4, -0.2) is 41.6 Å². The zero-order valence-electron chi connectivity index (χ0n) is 15.4. The lowest BCUT2D eigenvalue weighted by molar-refractivity contribution is 0.0526. The average Bonchev–Trinajstić information content (AvgIpc) is 3.35. The molecule has 1 aromatic carbocycles. The van der Waals surface area contributed by atoms with Gasteiger partial charge in [0.2, 0.25) is 11.8 Å². The summed E-state index contributed by atoms with van der Waals surface area (Å²) in [5.74, 6) is 0.141. The molecule has 7 heteroatoms. The van der Waals surface area contributed by atoms with Crippen LogP contribution in [0.15, 0.2) is 24.3 Å². The Balaban J connectivity index is 1.96. The molecule has 1 aromatic heterocycles. The maximum absolute atomic E-state index is 12.5. The molecule has 4 rings (SSSR count). The van der Waals surface area contributed by atoms with E-state index >= 15 is 0 Å². The van der Waals surface area contributed by atoms with Gasteiger partial charge in [-0.3, -0.25) is 4.57 Å². The van der Waals surface area contributed by atoms with E-state index in [-0.39, 0.29) is 41.5 Å². The van der Waals surface area contributed by atoms with Crippen LogP contribution in [0.25, 0.3) is 5.69 Å². The normalized spacial score (nSPS) is 19.2. The average molecular weight is 371 g/mol. The Hall–Kier alpha value is -3.09. The van der Waals surface area contributed by atoms with Crippen molar-refractivity contribution in [1.29, 1.82) is 0 Å². The van der Waals surface area contributed by atoms with Crippen molar-refractivity contribution in [2.24, 2.45) is 0 Å². The first kappa shape index (κ1) is 17.3. The fraction of sp³-hybridized carbons (Fsp3) is 0.350. The highest BCUT2D eigenvalue weighted by molar-refractivity contribution is 5.95. The highest BCUT2D eigenvalue weighted by atomic mass is 16.5. The van der Waals surface area contributed by atoms with Crippen molar-refractivity contribution in [3.63, 3.8) is 0 Å². The van der Waals surface area contributed by atoms with Gasteiger partial charge in [0.25, 0.3) is 0 Å². The molecule has 0 fully saturated rings. The molecule has 2 atom stereocenters. The molecular weight excluding hydrogens is 350 g/mol. The molecule has 2 aliphatic rings. The van der Waals surface area contributed by atoms with E-state index in [9.17, 15) is 15.0 Å². The molecule has 2 aliphatic carbocycles. The third-order valence-electron chi connectivity index (χ3n) is 5.26. The summed E-state index contributed by atoms with van der Waals surface area (Å²) in [5, 5.41) is 21.8. The van der Waals surface area contributed by atoms with Crippen molar-refractivity contribution >= 4 is 5.97 Å². The Kier molecular flexibility index (Phi) is 4.02. The fourth-order valence-corrected chi connectivity index (χ4v) is 4.09. The number of hydrogen-bond donors (Lipinski definition) is 2. The summed E-state index contributed by atoms with van der Waals surface area (Å²) in [5.41, 5.74) is 1.86. The predicted molar refractivity (Wildman–Crippen MR) is 97.4 cm³/mol. The van der Waals surface area contributed by atoms with Gasteiger partial charge in [0.1, 0.15) is 0 Å². The number of hydrogen-bond acceptors (Lipinski definition) is 6. The largest absolute Gasteiger partial charge is 0.494 e. The molecule has 0 saturated carbocycles. The van der Waals surface area contributed by atoms with Crippen LogP contribution in [0.4, 0.5) is 0 Å². The van der Waals surface area contributed by atoms with E-state index in [0.29, 0.717) is 22.6 Å². The first-order chi connectivity index (χ1) is 13.0. The standard InChI is InChI=1S/C20H21NO6/c1-4-27-20(24)12-8-14(25-2)15(26-3)9-13(12)21-18(22)16-10-5-6-11(7-10)17(16)19(21)23/h5-6,8-11,22-23H,4,7H2,1-3H3. The van der Waals surface area contributed by atoms with E-state index < -0.39 is 5.97 Å². The van der Waals surface area contributed by atoms with Gasteiger partial charge in [-0.25, -0.2) is 4.79 Å². The topological polar surface area (TPSA) is 90.2 Å². The lowest BCUT2D eigenvalue weighted by atomic mass is 10.0. The van der Waals surface area contributed by atoms with Gasteiger partial charge in [-0.1, -0.05) is 12.2 Å². The Morgan fingerprint density at radius 1 is 1.07 bits per heavy atom. The predicted octanol–water partition coefficient (Wildman–Crippen LogP) is 3.22. The van der Waals surface area contributed by atoms with E-state index in [4.69, 9.17) is 14.2 Å². The highest BCUT2D eigenvalue weighted by Gasteiger charge is 2.41. The van der Waals surface area contributed by atoms with E-state index in [1.807, 2.05) is 12.2 Å². The number of allylic oxidation sites excluding steroid dienone is 2. The zero-order valence-corrected chi connectivity index (χ0v) is 15.4. The number of rotatable bonds is 5. The van der Waals surface area contributed by atoms with Crippen LogP contribution in [-0.2, 0) is 4.74 Å². The van der Waals surface area contributed by atoms with Crippen LogP contribution < -0.4 is 9.47 Å². The third kappa shape index (κ3) is 2.38. The second-order valence-electron chi connectivity index (χ2n) is 6.59. The molecule has 2 unspecified atom stereocenters. The van der Waals surface area contributed by atoms with Crippen LogP contribution in [0, 0.1) is 0 Å². The molecule has 2 bridgehead atoms.